The molecule has 72 valence electrons. The van der Waals surface area contributed by atoms with Crippen molar-refractivity contribution in [1.29, 1.82) is 0 Å². The quantitative estimate of drug-likeness (QED) is 0.703. The van der Waals surface area contributed by atoms with Crippen molar-refractivity contribution in [2.24, 2.45) is 0 Å². The van der Waals surface area contributed by atoms with Gasteiger partial charge in [0, 0.05) is 0 Å². The molecule has 1 rings (SSSR count). The van der Waals surface area contributed by atoms with Gasteiger partial charge >= 0.3 is 0 Å². The summed E-state index contributed by atoms with van der Waals surface area (Å²) in [4.78, 5) is 0. The third-order valence-electron chi connectivity index (χ3n) is 2.12. The Bertz CT molecular complexity index is 282. The molecule has 0 saturated heterocycles. The number of methoxy groups -OCH3 is 1. The molecule has 0 atom stereocenters. The van der Waals surface area contributed by atoms with E-state index in [1.807, 2.05) is 13.0 Å². The van der Waals surface area contributed by atoms with Crippen LogP contribution < -0.4 is 4.74 Å². The predicted molar refractivity (Wildman–Crippen MR) is 56.8 cm³/mol. The first-order valence-electron chi connectivity index (χ1n) is 4.40. The highest BCUT2D eigenvalue weighted by atomic mass is 35.5. The molecule has 0 radical (unpaired) electrons. The van der Waals surface area contributed by atoms with Crippen LogP contribution in [0.25, 0.3) is 0 Å². The van der Waals surface area contributed by atoms with Crippen LogP contribution in [0.2, 0.25) is 5.02 Å². The highest BCUT2D eigenvalue weighted by Gasteiger charge is 2.08. The minimum atomic E-state index is 0.502. The van der Waals surface area contributed by atoms with Crippen molar-refractivity contribution in [1.82, 2.24) is 0 Å². The van der Waals surface area contributed by atoms with E-state index >= 15 is 0 Å². The molecule has 1 nitrogen and oxygen atoms in total. The van der Waals surface area contributed by atoms with E-state index in [0.717, 1.165) is 11.3 Å². The molecule has 2 heteroatoms. The molecule has 0 heterocycles. The first kappa shape index (κ1) is 10.4. The summed E-state index contributed by atoms with van der Waals surface area (Å²) in [5.74, 6) is 1.29. The fourth-order valence-corrected chi connectivity index (χ4v) is 1.70. The summed E-state index contributed by atoms with van der Waals surface area (Å²) in [6.45, 7) is 6.31. The molecule has 0 aliphatic heterocycles. The first-order valence-corrected chi connectivity index (χ1v) is 4.78. The summed E-state index contributed by atoms with van der Waals surface area (Å²) >= 11 is 6.05. The lowest BCUT2D eigenvalue weighted by atomic mass is 10.0. The summed E-state index contributed by atoms with van der Waals surface area (Å²) in [6.07, 6.45) is 0. The van der Waals surface area contributed by atoms with Crippen LogP contribution in [0, 0.1) is 6.92 Å². The van der Waals surface area contributed by atoms with Gasteiger partial charge in [-0.3, -0.25) is 0 Å². The van der Waals surface area contributed by atoms with E-state index in [0.29, 0.717) is 10.9 Å². The van der Waals surface area contributed by atoms with Gasteiger partial charge in [0.25, 0.3) is 0 Å². The zero-order chi connectivity index (χ0) is 10.0. The average molecular weight is 199 g/mol. The van der Waals surface area contributed by atoms with Gasteiger partial charge < -0.3 is 4.74 Å². The van der Waals surface area contributed by atoms with Crippen molar-refractivity contribution < 1.29 is 4.74 Å². The molecule has 0 amide bonds. The van der Waals surface area contributed by atoms with Crippen LogP contribution in [0.4, 0.5) is 0 Å². The Kier molecular flexibility index (Phi) is 3.21. The standard InChI is InChI=1S/C11H15ClO/c1-7(2)9-5-8(3)11(13-4)10(12)6-9/h5-7H,1-4H3. The van der Waals surface area contributed by atoms with Crippen LogP contribution in [0.3, 0.4) is 0 Å². The Hall–Kier alpha value is -0.690. The molecular formula is C11H15ClO. The van der Waals surface area contributed by atoms with Crippen LogP contribution >= 0.6 is 11.6 Å². The zero-order valence-electron chi connectivity index (χ0n) is 8.52. The normalized spacial score (nSPS) is 10.6. The summed E-state index contributed by atoms with van der Waals surface area (Å²) in [7, 11) is 1.64. The first-order chi connectivity index (χ1) is 6.06. The van der Waals surface area contributed by atoms with Gasteiger partial charge in [0.2, 0.25) is 0 Å². The summed E-state index contributed by atoms with van der Waals surface area (Å²) in [5.41, 5.74) is 2.35. The van der Waals surface area contributed by atoms with Crippen molar-refractivity contribution in [3.63, 3.8) is 0 Å². The minimum absolute atomic E-state index is 0.502. The molecule has 0 aromatic heterocycles. The molecule has 0 bridgehead atoms. The van der Waals surface area contributed by atoms with Gasteiger partial charge in [-0.2, -0.15) is 0 Å². The van der Waals surface area contributed by atoms with E-state index in [1.165, 1.54) is 5.56 Å². The maximum atomic E-state index is 6.05. The maximum absolute atomic E-state index is 6.05. The monoisotopic (exact) mass is 198 g/mol. The second-order valence-corrected chi connectivity index (χ2v) is 3.91. The average Bonchev–Trinajstić information content (AvgIpc) is 2.03. The number of halogens is 1. The molecule has 13 heavy (non-hydrogen) atoms. The summed E-state index contributed by atoms with van der Waals surface area (Å²) in [6, 6.07) is 4.09. The fraction of sp³-hybridized carbons (Fsp3) is 0.455. The largest absolute Gasteiger partial charge is 0.495 e. The third-order valence-corrected chi connectivity index (χ3v) is 2.40. The van der Waals surface area contributed by atoms with E-state index in [4.69, 9.17) is 16.3 Å². The molecule has 0 aliphatic rings. The number of ether oxygens (including phenoxy) is 1. The van der Waals surface area contributed by atoms with E-state index in [9.17, 15) is 0 Å². The molecule has 0 unspecified atom stereocenters. The Morgan fingerprint density at radius 2 is 1.92 bits per heavy atom. The zero-order valence-corrected chi connectivity index (χ0v) is 9.27. The van der Waals surface area contributed by atoms with Crippen molar-refractivity contribution in [2.45, 2.75) is 26.7 Å². The lowest BCUT2D eigenvalue weighted by molar-refractivity contribution is 0.411. The molecule has 0 spiro atoms. The molecule has 0 saturated carbocycles. The highest BCUT2D eigenvalue weighted by Crippen LogP contribution is 2.31. The van der Waals surface area contributed by atoms with E-state index < -0.39 is 0 Å². The van der Waals surface area contributed by atoms with Crippen LogP contribution in [0.1, 0.15) is 30.9 Å². The summed E-state index contributed by atoms with van der Waals surface area (Å²) < 4.78 is 5.18. The van der Waals surface area contributed by atoms with Gasteiger partial charge in [-0.1, -0.05) is 31.5 Å². The summed E-state index contributed by atoms with van der Waals surface area (Å²) in [5, 5.41) is 0.700. The Morgan fingerprint density at radius 3 is 2.31 bits per heavy atom. The number of rotatable bonds is 2. The minimum Gasteiger partial charge on any atom is -0.495 e. The predicted octanol–water partition coefficient (Wildman–Crippen LogP) is 3.78. The SMILES string of the molecule is COc1c(C)cc(C(C)C)cc1Cl. The number of benzene rings is 1. The number of aryl methyl sites for hydroxylation is 1. The van der Waals surface area contributed by atoms with Crippen LogP contribution in [-0.2, 0) is 0 Å². The highest BCUT2D eigenvalue weighted by molar-refractivity contribution is 6.32. The van der Waals surface area contributed by atoms with Gasteiger partial charge in [0.05, 0.1) is 12.1 Å². The lowest BCUT2D eigenvalue weighted by Gasteiger charge is -2.11. The molecular weight excluding hydrogens is 184 g/mol. The van der Waals surface area contributed by atoms with E-state index in [2.05, 4.69) is 19.9 Å². The number of hydrogen-bond donors (Lipinski definition) is 0. The van der Waals surface area contributed by atoms with Gasteiger partial charge in [-0.15, -0.1) is 0 Å². The van der Waals surface area contributed by atoms with Crippen LogP contribution in [0.15, 0.2) is 12.1 Å². The molecule has 0 aliphatic carbocycles. The Morgan fingerprint density at radius 1 is 1.31 bits per heavy atom. The van der Waals surface area contributed by atoms with Gasteiger partial charge in [-0.25, -0.2) is 0 Å². The van der Waals surface area contributed by atoms with Crippen molar-refractivity contribution >= 4 is 11.6 Å². The van der Waals surface area contributed by atoms with E-state index in [-0.39, 0.29) is 0 Å². The Balaban J connectivity index is 3.20. The number of hydrogen-bond acceptors (Lipinski definition) is 1. The van der Waals surface area contributed by atoms with Gasteiger partial charge in [0.1, 0.15) is 5.75 Å². The van der Waals surface area contributed by atoms with Crippen molar-refractivity contribution in [3.05, 3.63) is 28.3 Å². The second-order valence-electron chi connectivity index (χ2n) is 3.51. The van der Waals surface area contributed by atoms with Gasteiger partial charge in [0.15, 0.2) is 0 Å². The van der Waals surface area contributed by atoms with Crippen molar-refractivity contribution in [3.8, 4) is 5.75 Å². The third kappa shape index (κ3) is 2.16. The Labute approximate surface area is 84.7 Å². The maximum Gasteiger partial charge on any atom is 0.140 e. The smallest absolute Gasteiger partial charge is 0.140 e. The second kappa shape index (κ2) is 4.01. The van der Waals surface area contributed by atoms with Crippen LogP contribution in [-0.4, -0.2) is 7.11 Å². The lowest BCUT2D eigenvalue weighted by Crippen LogP contribution is -1.93. The van der Waals surface area contributed by atoms with Gasteiger partial charge in [-0.05, 0) is 30.0 Å². The fourth-order valence-electron chi connectivity index (χ4n) is 1.35. The molecule has 0 N–H and O–H groups in total. The molecule has 0 fully saturated rings. The van der Waals surface area contributed by atoms with Crippen LogP contribution in [0.5, 0.6) is 5.75 Å². The molecule has 1 aromatic rings. The molecule has 1 aromatic carbocycles. The van der Waals surface area contributed by atoms with E-state index in [1.54, 1.807) is 7.11 Å². The topological polar surface area (TPSA) is 9.23 Å². The van der Waals surface area contributed by atoms with Crippen molar-refractivity contribution in [2.75, 3.05) is 7.11 Å².